The lowest BCUT2D eigenvalue weighted by atomic mass is 9.84. The number of hydrogen-bond acceptors (Lipinski definition) is 3. The Labute approximate surface area is 302 Å². The Bertz CT molecular complexity index is 3390. The lowest BCUT2D eigenvalue weighted by Crippen LogP contribution is -1.92. The van der Waals surface area contributed by atoms with Crippen LogP contribution in [0, 0.1) is 0 Å². The van der Waals surface area contributed by atoms with Crippen molar-refractivity contribution in [3.8, 4) is 33.4 Å². The minimum absolute atomic E-state index is 0.813. The number of fused-ring (bicyclic) bond motifs is 12. The Morgan fingerprint density at radius 1 is 0.264 bits per heavy atom. The maximum atomic E-state index is 6.67. The molecule has 3 nitrogen and oxygen atoms in total. The first-order valence-electron chi connectivity index (χ1n) is 18.0. The molecule has 0 aliphatic heterocycles. The molecule has 3 heteroatoms. The third-order valence-electron chi connectivity index (χ3n) is 11.1. The van der Waals surface area contributed by atoms with Gasteiger partial charge in [-0.3, -0.25) is 0 Å². The Kier molecular flexibility index (Phi) is 5.77. The summed E-state index contributed by atoms with van der Waals surface area (Å²) in [6.07, 6.45) is 0. The number of furan rings is 3. The van der Waals surface area contributed by atoms with Crippen LogP contribution in [0.3, 0.4) is 0 Å². The SMILES string of the molecule is c1ccc(-c2c3ccccc3c(-c3cc(-c4ccc5c(c4)oc4ccc6c7ccccc7oc6c45)cc4oc5ccccc5c34)c3ccccc23)cc1. The molecule has 0 N–H and O–H groups in total. The highest BCUT2D eigenvalue weighted by Gasteiger charge is 2.22. The molecule has 0 fully saturated rings. The standard InChI is InChI=1S/C50H28O3/c1-2-12-29(13-3-1)46-33-15-4-6-17-35(33)47(36-18-7-5-16-34(36)46)40-26-31(28-45-48(40)38-19-9-11-21-42(38)51-45)30-22-23-39-44(27-30)52-43-25-24-37-32-14-8-10-20-41(32)53-50(37)49(39)43/h1-28H. The van der Waals surface area contributed by atoms with E-state index in [0.717, 1.165) is 82.5 Å². The summed E-state index contributed by atoms with van der Waals surface area (Å²) in [5, 5.41) is 11.3. The number of rotatable bonds is 3. The van der Waals surface area contributed by atoms with E-state index in [1.54, 1.807) is 0 Å². The average Bonchev–Trinajstić information content (AvgIpc) is 3.90. The van der Waals surface area contributed by atoms with Gasteiger partial charge in [0.25, 0.3) is 0 Å². The van der Waals surface area contributed by atoms with E-state index in [1.165, 1.54) is 38.2 Å². The van der Waals surface area contributed by atoms with Gasteiger partial charge < -0.3 is 13.3 Å². The van der Waals surface area contributed by atoms with Crippen molar-refractivity contribution in [3.63, 3.8) is 0 Å². The summed E-state index contributed by atoms with van der Waals surface area (Å²) in [5.74, 6) is 0. The largest absolute Gasteiger partial charge is 0.456 e. The monoisotopic (exact) mass is 676 g/mol. The van der Waals surface area contributed by atoms with E-state index in [0.29, 0.717) is 0 Å². The van der Waals surface area contributed by atoms with Crippen molar-refractivity contribution in [2.45, 2.75) is 0 Å². The molecular weight excluding hydrogens is 649 g/mol. The quantitative estimate of drug-likeness (QED) is 0.175. The van der Waals surface area contributed by atoms with Crippen LogP contribution in [0.15, 0.2) is 183 Å². The first-order chi connectivity index (χ1) is 26.3. The smallest absolute Gasteiger partial charge is 0.147 e. The molecule has 0 radical (unpaired) electrons. The van der Waals surface area contributed by atoms with Crippen LogP contribution in [0.2, 0.25) is 0 Å². The van der Waals surface area contributed by atoms with E-state index in [9.17, 15) is 0 Å². The zero-order valence-corrected chi connectivity index (χ0v) is 28.4. The molecule has 0 spiro atoms. The van der Waals surface area contributed by atoms with E-state index in [4.69, 9.17) is 13.3 Å². The van der Waals surface area contributed by atoms with Gasteiger partial charge in [0.2, 0.25) is 0 Å². The third kappa shape index (κ3) is 4.05. The van der Waals surface area contributed by atoms with Crippen LogP contribution in [0.4, 0.5) is 0 Å². The molecule has 0 aliphatic rings. The Hall–Kier alpha value is -7.10. The first kappa shape index (κ1) is 28.6. The molecule has 0 atom stereocenters. The summed E-state index contributed by atoms with van der Waals surface area (Å²) in [5.41, 5.74) is 12.0. The van der Waals surface area contributed by atoms with Gasteiger partial charge in [0.05, 0.1) is 5.39 Å². The summed E-state index contributed by atoms with van der Waals surface area (Å²) in [6.45, 7) is 0. The molecule has 12 rings (SSSR count). The molecule has 53 heavy (non-hydrogen) atoms. The minimum atomic E-state index is 0.813. The van der Waals surface area contributed by atoms with E-state index in [-0.39, 0.29) is 0 Å². The molecule has 0 saturated carbocycles. The average molecular weight is 677 g/mol. The van der Waals surface area contributed by atoms with Gasteiger partial charge in [0.1, 0.15) is 33.5 Å². The second kappa shape index (κ2) is 10.7. The molecule has 9 aromatic carbocycles. The van der Waals surface area contributed by atoms with E-state index in [2.05, 4.69) is 152 Å². The van der Waals surface area contributed by atoms with Gasteiger partial charge in [-0.25, -0.2) is 0 Å². The molecule has 0 saturated heterocycles. The number of para-hydroxylation sites is 2. The van der Waals surface area contributed by atoms with E-state index < -0.39 is 0 Å². The van der Waals surface area contributed by atoms with Crippen molar-refractivity contribution in [3.05, 3.63) is 170 Å². The molecule has 246 valence electrons. The maximum absolute atomic E-state index is 6.67. The Balaban J connectivity index is 1.16. The van der Waals surface area contributed by atoms with Crippen LogP contribution in [0.5, 0.6) is 0 Å². The summed E-state index contributed by atoms with van der Waals surface area (Å²) in [6, 6.07) is 60.2. The van der Waals surface area contributed by atoms with Crippen LogP contribution in [-0.2, 0) is 0 Å². The van der Waals surface area contributed by atoms with E-state index >= 15 is 0 Å². The number of hydrogen-bond donors (Lipinski definition) is 0. The Morgan fingerprint density at radius 2 is 0.811 bits per heavy atom. The van der Waals surface area contributed by atoms with Crippen molar-refractivity contribution in [1.82, 2.24) is 0 Å². The normalized spacial score (nSPS) is 12.2. The zero-order valence-electron chi connectivity index (χ0n) is 28.4. The minimum Gasteiger partial charge on any atom is -0.456 e. The lowest BCUT2D eigenvalue weighted by molar-refractivity contribution is 0.662. The molecule has 3 aromatic heterocycles. The highest BCUT2D eigenvalue weighted by Crippen LogP contribution is 2.48. The van der Waals surface area contributed by atoms with Crippen molar-refractivity contribution in [2.24, 2.45) is 0 Å². The zero-order chi connectivity index (χ0) is 34.6. The lowest BCUT2D eigenvalue weighted by Gasteiger charge is -2.19. The van der Waals surface area contributed by atoms with Crippen molar-refractivity contribution in [1.29, 1.82) is 0 Å². The van der Waals surface area contributed by atoms with Gasteiger partial charge >= 0.3 is 0 Å². The van der Waals surface area contributed by atoms with Crippen LogP contribution >= 0.6 is 0 Å². The van der Waals surface area contributed by atoms with Crippen molar-refractivity contribution < 1.29 is 13.3 Å². The topological polar surface area (TPSA) is 39.4 Å². The fourth-order valence-corrected chi connectivity index (χ4v) is 8.77. The molecule has 12 aromatic rings. The predicted octanol–water partition coefficient (Wildman–Crippen LogP) is 14.7. The molecular formula is C50H28O3. The second-order valence-corrected chi connectivity index (χ2v) is 13.9. The van der Waals surface area contributed by atoms with Crippen molar-refractivity contribution in [2.75, 3.05) is 0 Å². The summed E-state index contributed by atoms with van der Waals surface area (Å²) in [4.78, 5) is 0. The molecule has 0 bridgehead atoms. The van der Waals surface area contributed by atoms with Crippen LogP contribution in [-0.4, -0.2) is 0 Å². The highest BCUT2D eigenvalue weighted by atomic mass is 16.3. The molecule has 0 unspecified atom stereocenters. The van der Waals surface area contributed by atoms with Crippen LogP contribution in [0.1, 0.15) is 0 Å². The van der Waals surface area contributed by atoms with Gasteiger partial charge in [-0.2, -0.15) is 0 Å². The summed E-state index contributed by atoms with van der Waals surface area (Å²) >= 11 is 0. The highest BCUT2D eigenvalue weighted by molar-refractivity contribution is 6.26. The van der Waals surface area contributed by atoms with Crippen LogP contribution in [0.25, 0.3) is 121 Å². The maximum Gasteiger partial charge on any atom is 0.147 e. The first-order valence-corrected chi connectivity index (χ1v) is 18.0. The summed E-state index contributed by atoms with van der Waals surface area (Å²) < 4.78 is 19.6. The van der Waals surface area contributed by atoms with Gasteiger partial charge in [-0.1, -0.05) is 121 Å². The fourth-order valence-electron chi connectivity index (χ4n) is 8.77. The van der Waals surface area contributed by atoms with Crippen LogP contribution < -0.4 is 0 Å². The van der Waals surface area contributed by atoms with Gasteiger partial charge in [0, 0.05) is 26.9 Å². The van der Waals surface area contributed by atoms with Gasteiger partial charge in [-0.05, 0) is 103 Å². The van der Waals surface area contributed by atoms with Gasteiger partial charge in [-0.15, -0.1) is 0 Å². The fraction of sp³-hybridized carbons (Fsp3) is 0. The third-order valence-corrected chi connectivity index (χ3v) is 11.1. The Morgan fingerprint density at radius 3 is 1.55 bits per heavy atom. The van der Waals surface area contributed by atoms with Crippen molar-refractivity contribution >= 4 is 87.4 Å². The van der Waals surface area contributed by atoms with E-state index in [1.807, 2.05) is 18.2 Å². The van der Waals surface area contributed by atoms with Gasteiger partial charge in [0.15, 0.2) is 0 Å². The number of benzene rings is 9. The summed E-state index contributed by atoms with van der Waals surface area (Å²) in [7, 11) is 0. The molecule has 0 amide bonds. The predicted molar refractivity (Wildman–Crippen MR) is 220 cm³/mol. The second-order valence-electron chi connectivity index (χ2n) is 13.9. The molecule has 0 aliphatic carbocycles. The molecule has 3 heterocycles.